The van der Waals surface area contributed by atoms with Crippen LogP contribution < -0.4 is 14.8 Å². The molecule has 3 rings (SSSR count). The number of ether oxygens (including phenoxy) is 2. The molecular formula is C22H27NO3. The van der Waals surface area contributed by atoms with Gasteiger partial charge in [-0.1, -0.05) is 31.4 Å². The summed E-state index contributed by atoms with van der Waals surface area (Å²) in [6, 6.07) is 15.6. The molecule has 2 aromatic rings. The average molecular weight is 353 g/mol. The van der Waals surface area contributed by atoms with Crippen LogP contribution in [-0.2, 0) is 0 Å². The first kappa shape index (κ1) is 18.3. The van der Waals surface area contributed by atoms with Crippen molar-refractivity contribution in [3.8, 4) is 11.5 Å². The molecule has 26 heavy (non-hydrogen) atoms. The lowest BCUT2D eigenvalue weighted by Crippen LogP contribution is -2.36. The van der Waals surface area contributed by atoms with E-state index < -0.39 is 0 Å². The fourth-order valence-electron chi connectivity index (χ4n) is 3.24. The van der Waals surface area contributed by atoms with E-state index in [0.29, 0.717) is 24.8 Å². The molecule has 1 aliphatic rings. The van der Waals surface area contributed by atoms with Crippen LogP contribution >= 0.6 is 0 Å². The van der Waals surface area contributed by atoms with Crippen LogP contribution in [0.4, 0.5) is 0 Å². The molecule has 0 atom stereocenters. The Hall–Kier alpha value is -2.49. The van der Waals surface area contributed by atoms with Crippen molar-refractivity contribution in [1.82, 2.24) is 5.32 Å². The molecule has 0 unspecified atom stereocenters. The fraction of sp³-hybridized carbons (Fsp3) is 0.409. The molecule has 0 aliphatic heterocycles. The van der Waals surface area contributed by atoms with Crippen LogP contribution in [0, 0.1) is 6.92 Å². The molecule has 1 saturated carbocycles. The van der Waals surface area contributed by atoms with Crippen molar-refractivity contribution in [2.75, 3.05) is 13.2 Å². The zero-order valence-corrected chi connectivity index (χ0v) is 15.4. The van der Waals surface area contributed by atoms with Gasteiger partial charge < -0.3 is 14.8 Å². The Morgan fingerprint density at radius 3 is 2.35 bits per heavy atom. The maximum absolute atomic E-state index is 12.3. The second-order valence-corrected chi connectivity index (χ2v) is 6.85. The zero-order chi connectivity index (χ0) is 18.2. The molecule has 0 bridgehead atoms. The molecule has 138 valence electrons. The Bertz CT molecular complexity index is 706. The van der Waals surface area contributed by atoms with E-state index in [1.165, 1.54) is 24.8 Å². The number of benzene rings is 2. The van der Waals surface area contributed by atoms with E-state index in [0.717, 1.165) is 24.3 Å². The van der Waals surface area contributed by atoms with Gasteiger partial charge in [-0.2, -0.15) is 0 Å². The molecular weight excluding hydrogens is 326 g/mol. The highest BCUT2D eigenvalue weighted by molar-refractivity contribution is 5.94. The molecule has 1 amide bonds. The van der Waals surface area contributed by atoms with Gasteiger partial charge in [0.05, 0.1) is 0 Å². The summed E-state index contributed by atoms with van der Waals surface area (Å²) in [5.41, 5.74) is 1.85. The minimum absolute atomic E-state index is 0.00577. The third kappa shape index (κ3) is 5.51. The van der Waals surface area contributed by atoms with Crippen molar-refractivity contribution in [2.45, 2.75) is 45.1 Å². The van der Waals surface area contributed by atoms with Gasteiger partial charge in [-0.15, -0.1) is 0 Å². The van der Waals surface area contributed by atoms with E-state index in [2.05, 4.69) is 5.32 Å². The van der Waals surface area contributed by atoms with Gasteiger partial charge >= 0.3 is 0 Å². The molecule has 1 fully saturated rings. The molecule has 0 saturated heterocycles. The summed E-state index contributed by atoms with van der Waals surface area (Å²) in [6.45, 7) is 2.98. The molecule has 1 N–H and O–H groups in total. The molecule has 4 nitrogen and oxygen atoms in total. The first-order chi connectivity index (χ1) is 12.7. The van der Waals surface area contributed by atoms with Gasteiger partial charge in [0, 0.05) is 11.6 Å². The number of nitrogens with one attached hydrogen (secondary N) is 1. The minimum Gasteiger partial charge on any atom is -0.490 e. The lowest BCUT2D eigenvalue weighted by molar-refractivity contribution is 0.0927. The Labute approximate surface area is 155 Å². The van der Waals surface area contributed by atoms with E-state index in [4.69, 9.17) is 9.47 Å². The Morgan fingerprint density at radius 1 is 0.962 bits per heavy atom. The lowest BCUT2D eigenvalue weighted by atomic mass is 9.95. The molecule has 0 heterocycles. The first-order valence-corrected chi connectivity index (χ1v) is 9.44. The van der Waals surface area contributed by atoms with E-state index in [-0.39, 0.29) is 5.91 Å². The van der Waals surface area contributed by atoms with Crippen LogP contribution in [0.3, 0.4) is 0 Å². The van der Waals surface area contributed by atoms with Crippen molar-refractivity contribution in [2.24, 2.45) is 0 Å². The number of carbonyl (C=O) groups excluding carboxylic acids is 1. The topological polar surface area (TPSA) is 47.6 Å². The van der Waals surface area contributed by atoms with Crippen molar-refractivity contribution in [1.29, 1.82) is 0 Å². The van der Waals surface area contributed by atoms with Gasteiger partial charge in [0.15, 0.2) is 0 Å². The lowest BCUT2D eigenvalue weighted by Gasteiger charge is -2.22. The van der Waals surface area contributed by atoms with Crippen LogP contribution in [0.25, 0.3) is 0 Å². The third-order valence-electron chi connectivity index (χ3n) is 4.67. The third-order valence-corrected chi connectivity index (χ3v) is 4.67. The average Bonchev–Trinajstić information content (AvgIpc) is 2.66. The van der Waals surface area contributed by atoms with Crippen LogP contribution in [-0.4, -0.2) is 25.2 Å². The van der Waals surface area contributed by atoms with Gasteiger partial charge in [-0.3, -0.25) is 4.79 Å². The largest absolute Gasteiger partial charge is 0.490 e. The Kier molecular flexibility index (Phi) is 6.53. The summed E-state index contributed by atoms with van der Waals surface area (Å²) in [4.78, 5) is 12.3. The summed E-state index contributed by atoms with van der Waals surface area (Å²) in [7, 11) is 0. The number of carbonyl (C=O) groups is 1. The Balaban J connectivity index is 1.41. The summed E-state index contributed by atoms with van der Waals surface area (Å²) in [6.07, 6.45) is 5.89. The van der Waals surface area contributed by atoms with Gasteiger partial charge in [0.1, 0.15) is 24.7 Å². The second kappa shape index (κ2) is 9.27. The van der Waals surface area contributed by atoms with Gasteiger partial charge in [-0.25, -0.2) is 0 Å². The molecule has 1 aliphatic carbocycles. The van der Waals surface area contributed by atoms with E-state index in [1.54, 1.807) is 0 Å². The number of amides is 1. The molecule has 0 spiro atoms. The predicted molar refractivity (Wildman–Crippen MR) is 103 cm³/mol. The molecule has 0 radical (unpaired) electrons. The molecule has 0 aromatic heterocycles. The molecule has 2 aromatic carbocycles. The van der Waals surface area contributed by atoms with Gasteiger partial charge in [0.25, 0.3) is 5.91 Å². The number of hydrogen-bond donors (Lipinski definition) is 1. The van der Waals surface area contributed by atoms with Crippen molar-refractivity contribution in [3.05, 3.63) is 59.7 Å². The summed E-state index contributed by atoms with van der Waals surface area (Å²) < 4.78 is 11.4. The van der Waals surface area contributed by atoms with E-state index >= 15 is 0 Å². The van der Waals surface area contributed by atoms with Gasteiger partial charge in [0.2, 0.25) is 0 Å². The van der Waals surface area contributed by atoms with Crippen molar-refractivity contribution < 1.29 is 14.3 Å². The normalized spacial score (nSPS) is 14.7. The van der Waals surface area contributed by atoms with Crippen LogP contribution in [0.15, 0.2) is 48.5 Å². The second-order valence-electron chi connectivity index (χ2n) is 6.85. The fourth-order valence-corrected chi connectivity index (χ4v) is 3.24. The first-order valence-electron chi connectivity index (χ1n) is 9.44. The standard InChI is InChI=1S/C22H27NO3/c1-17-6-5-9-21(16-17)26-15-14-25-20-12-10-18(11-13-20)22(24)23-19-7-3-2-4-8-19/h5-6,9-13,16,19H,2-4,7-8,14-15H2,1H3,(H,23,24). The molecule has 4 heteroatoms. The van der Waals surface area contributed by atoms with Gasteiger partial charge in [-0.05, 0) is 61.7 Å². The van der Waals surface area contributed by atoms with E-state index in [1.807, 2.05) is 55.5 Å². The smallest absolute Gasteiger partial charge is 0.251 e. The van der Waals surface area contributed by atoms with E-state index in [9.17, 15) is 4.79 Å². The predicted octanol–water partition coefficient (Wildman–Crippen LogP) is 4.52. The number of rotatable bonds is 7. The van der Waals surface area contributed by atoms with Crippen molar-refractivity contribution >= 4 is 5.91 Å². The number of hydrogen-bond acceptors (Lipinski definition) is 3. The highest BCUT2D eigenvalue weighted by Crippen LogP contribution is 2.18. The maximum atomic E-state index is 12.3. The zero-order valence-electron chi connectivity index (χ0n) is 15.4. The minimum atomic E-state index is 0.00577. The van der Waals surface area contributed by atoms with Crippen LogP contribution in [0.5, 0.6) is 11.5 Å². The summed E-state index contributed by atoms with van der Waals surface area (Å²) >= 11 is 0. The van der Waals surface area contributed by atoms with Crippen LogP contribution in [0.1, 0.15) is 48.0 Å². The Morgan fingerprint density at radius 2 is 1.65 bits per heavy atom. The van der Waals surface area contributed by atoms with Crippen LogP contribution in [0.2, 0.25) is 0 Å². The monoisotopic (exact) mass is 353 g/mol. The maximum Gasteiger partial charge on any atom is 0.251 e. The van der Waals surface area contributed by atoms with Crippen molar-refractivity contribution in [3.63, 3.8) is 0 Å². The highest BCUT2D eigenvalue weighted by atomic mass is 16.5. The highest BCUT2D eigenvalue weighted by Gasteiger charge is 2.16. The SMILES string of the molecule is Cc1cccc(OCCOc2ccc(C(=O)NC3CCCCC3)cc2)c1. The summed E-state index contributed by atoms with van der Waals surface area (Å²) in [5, 5.41) is 3.13. The quantitative estimate of drug-likeness (QED) is 0.745. The number of aryl methyl sites for hydroxylation is 1. The summed E-state index contributed by atoms with van der Waals surface area (Å²) in [5.74, 6) is 1.60.